The van der Waals surface area contributed by atoms with E-state index in [1.807, 2.05) is 0 Å². The third-order valence-electron chi connectivity index (χ3n) is 2.36. The summed E-state index contributed by atoms with van der Waals surface area (Å²) in [4.78, 5) is 2.56. The first-order valence-electron chi connectivity index (χ1n) is 5.32. The van der Waals surface area contributed by atoms with Crippen molar-refractivity contribution in [1.82, 2.24) is 4.90 Å². The molecule has 0 spiro atoms. The Kier molecular flexibility index (Phi) is 7.76. The molecule has 0 bridgehead atoms. The van der Waals surface area contributed by atoms with Crippen LogP contribution in [0.2, 0.25) is 13.5 Å². The third kappa shape index (κ3) is 6.36. The van der Waals surface area contributed by atoms with Crippen LogP contribution in [-0.2, 0) is 0 Å². The Morgan fingerprint density at radius 2 is 1.83 bits per heavy atom. The van der Waals surface area contributed by atoms with Crippen molar-refractivity contribution in [2.45, 2.75) is 46.8 Å². The molecule has 72 valence electrons. The predicted octanol–water partition coefficient (Wildman–Crippen LogP) is 2.86. The summed E-state index contributed by atoms with van der Waals surface area (Å²) in [6.45, 7) is 9.39. The molecule has 0 radical (unpaired) electrons. The van der Waals surface area contributed by atoms with Gasteiger partial charge in [-0.15, -0.1) is 0 Å². The van der Waals surface area contributed by atoms with Crippen LogP contribution in [0.25, 0.3) is 0 Å². The molecule has 0 aliphatic heterocycles. The van der Waals surface area contributed by atoms with E-state index in [4.69, 9.17) is 0 Å². The molecule has 0 heterocycles. The molecule has 0 aliphatic rings. The van der Waals surface area contributed by atoms with Gasteiger partial charge in [0.2, 0.25) is 0 Å². The zero-order chi connectivity index (χ0) is 9.56. The van der Waals surface area contributed by atoms with Gasteiger partial charge in [-0.25, -0.2) is 0 Å². The molecular formula is C10H24InN. The van der Waals surface area contributed by atoms with E-state index in [2.05, 4.69) is 35.0 Å². The summed E-state index contributed by atoms with van der Waals surface area (Å²) in [5.41, 5.74) is 0. The SMILES string of the molecule is CCN(CC[CH2][In]([CH3])[CH3])C(C)C. The minimum atomic E-state index is -0.890. The van der Waals surface area contributed by atoms with Gasteiger partial charge in [-0.05, 0) is 0 Å². The molecule has 0 aromatic carbocycles. The zero-order valence-electron chi connectivity index (χ0n) is 9.43. The summed E-state index contributed by atoms with van der Waals surface area (Å²) >= 11 is -0.890. The van der Waals surface area contributed by atoms with Crippen molar-refractivity contribution in [3.8, 4) is 0 Å². The molecule has 1 nitrogen and oxygen atoms in total. The molecule has 0 saturated heterocycles. The van der Waals surface area contributed by atoms with Crippen LogP contribution in [0, 0.1) is 0 Å². The van der Waals surface area contributed by atoms with Crippen molar-refractivity contribution in [1.29, 1.82) is 0 Å². The van der Waals surface area contributed by atoms with E-state index in [9.17, 15) is 0 Å². The first-order valence-corrected chi connectivity index (χ1v) is 14.2. The van der Waals surface area contributed by atoms with Crippen molar-refractivity contribution in [3.05, 3.63) is 0 Å². The van der Waals surface area contributed by atoms with Crippen LogP contribution >= 0.6 is 0 Å². The van der Waals surface area contributed by atoms with Crippen LogP contribution in [-0.4, -0.2) is 45.5 Å². The van der Waals surface area contributed by atoms with Crippen LogP contribution in [0.15, 0.2) is 0 Å². The van der Waals surface area contributed by atoms with E-state index >= 15 is 0 Å². The van der Waals surface area contributed by atoms with E-state index in [1.165, 1.54) is 19.5 Å². The first-order chi connectivity index (χ1) is 5.57. The minimum absolute atomic E-state index is 0.734. The average molecular weight is 273 g/mol. The van der Waals surface area contributed by atoms with E-state index in [0.717, 1.165) is 6.04 Å². The second-order valence-electron chi connectivity index (χ2n) is 4.26. The molecule has 0 saturated carbocycles. The first kappa shape index (κ1) is 12.8. The number of hydrogen-bond acceptors (Lipinski definition) is 1. The topological polar surface area (TPSA) is 3.24 Å². The summed E-state index contributed by atoms with van der Waals surface area (Å²) in [5.74, 6) is 0. The van der Waals surface area contributed by atoms with Gasteiger partial charge in [-0.1, -0.05) is 0 Å². The fourth-order valence-electron chi connectivity index (χ4n) is 1.48. The van der Waals surface area contributed by atoms with Crippen LogP contribution in [0.4, 0.5) is 0 Å². The van der Waals surface area contributed by atoms with Gasteiger partial charge in [0.15, 0.2) is 0 Å². The van der Waals surface area contributed by atoms with Crippen molar-refractivity contribution < 1.29 is 0 Å². The van der Waals surface area contributed by atoms with Gasteiger partial charge in [0, 0.05) is 0 Å². The number of hydrogen-bond donors (Lipinski definition) is 0. The Balaban J connectivity index is 3.45. The van der Waals surface area contributed by atoms with Gasteiger partial charge in [0.25, 0.3) is 0 Å². The van der Waals surface area contributed by atoms with Gasteiger partial charge in [0.05, 0.1) is 0 Å². The standard InChI is InChI=1S/C8H18N.2CH3.In/c1-5-7-9(6-2)8(3)4;;;/h8H,1,5-7H2,2-4H3;2*1H3;. The monoisotopic (exact) mass is 273 g/mol. The predicted molar refractivity (Wildman–Crippen MR) is 59.3 cm³/mol. The molecule has 0 unspecified atom stereocenters. The summed E-state index contributed by atoms with van der Waals surface area (Å²) in [6, 6.07) is 0.734. The summed E-state index contributed by atoms with van der Waals surface area (Å²) < 4.78 is 6.59. The van der Waals surface area contributed by atoms with E-state index in [0.29, 0.717) is 0 Å². The Labute approximate surface area is 86.1 Å². The van der Waals surface area contributed by atoms with Gasteiger partial charge in [-0.2, -0.15) is 0 Å². The fraction of sp³-hybridized carbons (Fsp3) is 1.00. The van der Waals surface area contributed by atoms with Crippen molar-refractivity contribution in [2.24, 2.45) is 0 Å². The second kappa shape index (κ2) is 7.25. The van der Waals surface area contributed by atoms with Gasteiger partial charge in [-0.3, -0.25) is 0 Å². The summed E-state index contributed by atoms with van der Waals surface area (Å²) in [6.07, 6.45) is 1.44. The van der Waals surface area contributed by atoms with Crippen molar-refractivity contribution in [3.63, 3.8) is 0 Å². The molecule has 0 aromatic heterocycles. The maximum absolute atomic E-state index is 2.56. The maximum atomic E-state index is 2.56. The molecule has 0 fully saturated rings. The molecule has 0 atom stereocenters. The normalized spacial score (nSPS) is 11.2. The van der Waals surface area contributed by atoms with Crippen LogP contribution in [0.1, 0.15) is 27.2 Å². The van der Waals surface area contributed by atoms with E-state index < -0.39 is 21.4 Å². The van der Waals surface area contributed by atoms with Crippen molar-refractivity contribution >= 4 is 21.4 Å². The zero-order valence-corrected chi connectivity index (χ0v) is 12.7. The number of rotatable bonds is 6. The van der Waals surface area contributed by atoms with Crippen molar-refractivity contribution in [2.75, 3.05) is 13.1 Å². The Morgan fingerprint density at radius 1 is 1.25 bits per heavy atom. The fourth-order valence-corrected chi connectivity index (χ4v) is 4.34. The third-order valence-corrected chi connectivity index (χ3v) is 6.82. The molecule has 2 heteroatoms. The van der Waals surface area contributed by atoms with Crippen LogP contribution < -0.4 is 0 Å². The Hall–Kier alpha value is 0.830. The molecule has 0 amide bonds. The summed E-state index contributed by atoms with van der Waals surface area (Å²) in [5, 5.41) is 0. The second-order valence-corrected chi connectivity index (χ2v) is 13.9. The summed E-state index contributed by atoms with van der Waals surface area (Å²) in [7, 11) is 0. The number of nitrogens with zero attached hydrogens (tertiary/aromatic N) is 1. The quantitative estimate of drug-likeness (QED) is 0.719. The van der Waals surface area contributed by atoms with Gasteiger partial charge < -0.3 is 0 Å². The Bertz CT molecular complexity index is 102. The van der Waals surface area contributed by atoms with Crippen LogP contribution in [0.3, 0.4) is 0 Å². The molecule has 0 rings (SSSR count). The molecule has 0 aliphatic carbocycles. The van der Waals surface area contributed by atoms with Gasteiger partial charge in [0.1, 0.15) is 0 Å². The van der Waals surface area contributed by atoms with E-state index in [-0.39, 0.29) is 0 Å². The average Bonchev–Trinajstić information content (AvgIpc) is 1.96. The van der Waals surface area contributed by atoms with Crippen LogP contribution in [0.5, 0.6) is 0 Å². The van der Waals surface area contributed by atoms with Gasteiger partial charge >= 0.3 is 86.2 Å². The molecule has 0 N–H and O–H groups in total. The molecular weight excluding hydrogens is 249 g/mol. The van der Waals surface area contributed by atoms with E-state index in [1.54, 1.807) is 4.18 Å². The molecule has 12 heavy (non-hydrogen) atoms. The Morgan fingerprint density at radius 3 is 2.17 bits per heavy atom. The molecule has 0 aromatic rings.